The Bertz CT molecular complexity index is 1150. The van der Waals surface area contributed by atoms with Crippen molar-refractivity contribution in [2.24, 2.45) is 0 Å². The van der Waals surface area contributed by atoms with Gasteiger partial charge >= 0.3 is 5.97 Å². The second-order valence-corrected chi connectivity index (χ2v) is 6.85. The molecule has 3 aromatic rings. The van der Waals surface area contributed by atoms with Gasteiger partial charge < -0.3 is 20.4 Å². The smallest absolute Gasteiger partial charge is 0.355 e. The molecule has 0 aliphatic heterocycles. The van der Waals surface area contributed by atoms with Crippen LogP contribution in [0.4, 0.5) is 11.4 Å². The van der Waals surface area contributed by atoms with E-state index in [1.165, 1.54) is 19.2 Å². The van der Waals surface area contributed by atoms with Crippen LogP contribution in [-0.2, 0) is 9.53 Å². The second-order valence-electron chi connectivity index (χ2n) is 6.85. The zero-order valence-electron chi connectivity index (χ0n) is 17.0. The normalized spacial score (nSPS) is 10.3. The largest absolute Gasteiger partial charge is 0.451 e. The van der Waals surface area contributed by atoms with Crippen LogP contribution in [0.5, 0.6) is 0 Å². The maximum Gasteiger partial charge on any atom is 0.355 e. The molecule has 0 aliphatic carbocycles. The fraction of sp³-hybridized carbons (Fsp3) is 0.130. The molecule has 8 heteroatoms. The van der Waals surface area contributed by atoms with Crippen LogP contribution in [0.2, 0.25) is 0 Å². The molecule has 31 heavy (non-hydrogen) atoms. The van der Waals surface area contributed by atoms with Crippen LogP contribution >= 0.6 is 0 Å². The Morgan fingerprint density at radius 2 is 1.74 bits per heavy atom. The minimum Gasteiger partial charge on any atom is -0.451 e. The number of aryl methyl sites for hydroxylation is 1. The average Bonchev–Trinajstić information content (AvgIpc) is 3.23. The van der Waals surface area contributed by atoms with Gasteiger partial charge in [-0.2, -0.15) is 0 Å². The zero-order chi connectivity index (χ0) is 22.4. The molecule has 3 N–H and O–H groups in total. The molecule has 2 amide bonds. The first kappa shape index (κ1) is 21.5. The number of hydrogen-bond acceptors (Lipinski definition) is 5. The van der Waals surface area contributed by atoms with Gasteiger partial charge in [0.15, 0.2) is 12.4 Å². The van der Waals surface area contributed by atoms with Crippen LogP contribution in [0.1, 0.15) is 43.7 Å². The Kier molecular flexibility index (Phi) is 6.61. The standard InChI is InChI=1S/C23H21N3O5/c1-14-6-5-7-17(10-14)25-22(29)18-8-3-4-9-19(18)26-21(28)13-31-23(30)20-11-16(12-24-20)15(2)27/h3-12,24H,13H2,1-2H3,(H,25,29)(H,26,28). The van der Waals surface area contributed by atoms with Crippen molar-refractivity contribution in [2.45, 2.75) is 13.8 Å². The monoisotopic (exact) mass is 419 g/mol. The highest BCUT2D eigenvalue weighted by molar-refractivity contribution is 6.10. The fourth-order valence-electron chi connectivity index (χ4n) is 2.82. The highest BCUT2D eigenvalue weighted by atomic mass is 16.5. The summed E-state index contributed by atoms with van der Waals surface area (Å²) < 4.78 is 4.97. The Morgan fingerprint density at radius 1 is 0.968 bits per heavy atom. The van der Waals surface area contributed by atoms with E-state index >= 15 is 0 Å². The lowest BCUT2D eigenvalue weighted by molar-refractivity contribution is -0.119. The van der Waals surface area contributed by atoms with Crippen LogP contribution in [0.3, 0.4) is 0 Å². The Morgan fingerprint density at radius 3 is 2.45 bits per heavy atom. The quantitative estimate of drug-likeness (QED) is 0.400. The van der Waals surface area contributed by atoms with Crippen molar-refractivity contribution >= 4 is 34.9 Å². The fourth-order valence-corrected chi connectivity index (χ4v) is 2.82. The van der Waals surface area contributed by atoms with Crippen LogP contribution < -0.4 is 10.6 Å². The topological polar surface area (TPSA) is 117 Å². The number of hydrogen-bond donors (Lipinski definition) is 3. The lowest BCUT2D eigenvalue weighted by atomic mass is 10.1. The highest BCUT2D eigenvalue weighted by Gasteiger charge is 2.16. The number of amides is 2. The first-order valence-electron chi connectivity index (χ1n) is 9.47. The molecule has 158 valence electrons. The van der Waals surface area contributed by atoms with Crippen LogP contribution in [0.25, 0.3) is 0 Å². The summed E-state index contributed by atoms with van der Waals surface area (Å²) in [5, 5.41) is 5.37. The van der Waals surface area contributed by atoms with Gasteiger partial charge in [0.05, 0.1) is 11.3 Å². The number of H-pyrrole nitrogens is 1. The molecule has 0 bridgehead atoms. The van der Waals surface area contributed by atoms with Crippen LogP contribution in [-0.4, -0.2) is 35.2 Å². The predicted octanol–water partition coefficient (Wildman–Crippen LogP) is 3.57. The van der Waals surface area contributed by atoms with E-state index in [1.807, 2.05) is 25.1 Å². The summed E-state index contributed by atoms with van der Waals surface area (Å²) >= 11 is 0. The minimum absolute atomic E-state index is 0.0657. The first-order valence-corrected chi connectivity index (χ1v) is 9.47. The molecule has 0 atom stereocenters. The van der Waals surface area contributed by atoms with E-state index < -0.39 is 18.5 Å². The van der Waals surface area contributed by atoms with Gasteiger partial charge in [0.25, 0.3) is 11.8 Å². The van der Waals surface area contributed by atoms with Gasteiger partial charge in [0.1, 0.15) is 5.69 Å². The molecule has 0 aliphatic rings. The lowest BCUT2D eigenvalue weighted by Gasteiger charge is -2.12. The van der Waals surface area contributed by atoms with Crippen LogP contribution in [0, 0.1) is 6.92 Å². The molecule has 2 aromatic carbocycles. The third kappa shape index (κ3) is 5.66. The summed E-state index contributed by atoms with van der Waals surface area (Å²) in [6.45, 7) is 2.73. The maximum atomic E-state index is 12.7. The maximum absolute atomic E-state index is 12.7. The number of ketones is 1. The number of carbonyl (C=O) groups is 4. The third-order valence-corrected chi connectivity index (χ3v) is 4.37. The summed E-state index contributed by atoms with van der Waals surface area (Å²) in [5.74, 6) is -1.97. The van der Waals surface area contributed by atoms with Crippen molar-refractivity contribution in [3.05, 3.63) is 83.2 Å². The molecular formula is C23H21N3O5. The van der Waals surface area contributed by atoms with E-state index in [2.05, 4.69) is 15.6 Å². The van der Waals surface area contributed by atoms with Gasteiger partial charge in [-0.3, -0.25) is 14.4 Å². The minimum atomic E-state index is -0.770. The number of carbonyl (C=O) groups excluding carboxylic acids is 4. The van der Waals surface area contributed by atoms with Crippen molar-refractivity contribution in [2.75, 3.05) is 17.2 Å². The van der Waals surface area contributed by atoms with Gasteiger partial charge in [-0.05, 0) is 49.7 Å². The molecular weight excluding hydrogens is 398 g/mol. The molecule has 0 radical (unpaired) electrons. The molecule has 0 saturated heterocycles. The Hall–Kier alpha value is -4.20. The molecule has 0 unspecified atom stereocenters. The van der Waals surface area contributed by atoms with E-state index in [1.54, 1.807) is 30.3 Å². The summed E-state index contributed by atoms with van der Waals surface area (Å²) in [6.07, 6.45) is 1.39. The molecule has 1 aromatic heterocycles. The number of aromatic nitrogens is 1. The molecule has 0 saturated carbocycles. The Labute approximate surface area is 178 Å². The number of benzene rings is 2. The SMILES string of the molecule is CC(=O)c1c[nH]c(C(=O)OCC(=O)Nc2ccccc2C(=O)Nc2cccc(C)c2)c1. The molecule has 3 rings (SSSR count). The first-order chi connectivity index (χ1) is 14.8. The van der Waals surface area contributed by atoms with Crippen molar-refractivity contribution in [3.63, 3.8) is 0 Å². The number of Topliss-reactive ketones (excluding diaryl/α,β-unsaturated/α-hetero) is 1. The molecule has 8 nitrogen and oxygen atoms in total. The van der Waals surface area contributed by atoms with Gasteiger partial charge in [0, 0.05) is 17.4 Å². The van der Waals surface area contributed by atoms with E-state index in [4.69, 9.17) is 4.74 Å². The molecule has 0 fully saturated rings. The van der Waals surface area contributed by atoms with Crippen molar-refractivity contribution in [1.82, 2.24) is 4.98 Å². The Balaban J connectivity index is 1.61. The number of rotatable bonds is 7. The van der Waals surface area contributed by atoms with Gasteiger partial charge in [-0.1, -0.05) is 24.3 Å². The molecule has 1 heterocycles. The highest BCUT2D eigenvalue weighted by Crippen LogP contribution is 2.18. The summed E-state index contributed by atoms with van der Waals surface area (Å²) in [5.41, 5.74) is 2.59. The summed E-state index contributed by atoms with van der Waals surface area (Å²) in [7, 11) is 0. The number of ether oxygens (including phenoxy) is 1. The van der Waals surface area contributed by atoms with E-state index in [0.717, 1.165) is 5.56 Å². The van der Waals surface area contributed by atoms with Gasteiger partial charge in [-0.25, -0.2) is 4.79 Å². The number of para-hydroxylation sites is 1. The third-order valence-electron chi connectivity index (χ3n) is 4.37. The number of aromatic amines is 1. The predicted molar refractivity (Wildman–Crippen MR) is 115 cm³/mol. The van der Waals surface area contributed by atoms with Gasteiger partial charge in [0.2, 0.25) is 0 Å². The molecule has 0 spiro atoms. The van der Waals surface area contributed by atoms with Crippen molar-refractivity contribution < 1.29 is 23.9 Å². The van der Waals surface area contributed by atoms with Crippen molar-refractivity contribution in [3.8, 4) is 0 Å². The number of esters is 1. The number of anilines is 2. The second kappa shape index (κ2) is 9.53. The number of nitrogens with one attached hydrogen (secondary N) is 3. The lowest BCUT2D eigenvalue weighted by Crippen LogP contribution is -2.23. The van der Waals surface area contributed by atoms with Gasteiger partial charge in [-0.15, -0.1) is 0 Å². The van der Waals surface area contributed by atoms with Crippen molar-refractivity contribution in [1.29, 1.82) is 0 Å². The van der Waals surface area contributed by atoms with Crippen LogP contribution in [0.15, 0.2) is 60.8 Å². The summed E-state index contributed by atoms with van der Waals surface area (Å²) in [6, 6.07) is 15.2. The van der Waals surface area contributed by atoms with E-state index in [9.17, 15) is 19.2 Å². The average molecular weight is 419 g/mol. The van der Waals surface area contributed by atoms with E-state index in [-0.39, 0.29) is 28.6 Å². The van der Waals surface area contributed by atoms with E-state index in [0.29, 0.717) is 11.3 Å². The zero-order valence-corrected chi connectivity index (χ0v) is 17.0. The summed E-state index contributed by atoms with van der Waals surface area (Å²) in [4.78, 5) is 50.9.